The summed E-state index contributed by atoms with van der Waals surface area (Å²) >= 11 is 1.28. The molecule has 0 saturated heterocycles. The zero-order chi connectivity index (χ0) is 13.8. The van der Waals surface area contributed by atoms with Gasteiger partial charge in [0.05, 0.1) is 12.9 Å². The quantitative estimate of drug-likeness (QED) is 0.727. The summed E-state index contributed by atoms with van der Waals surface area (Å²) < 4.78 is 29.1. The van der Waals surface area contributed by atoms with Crippen LogP contribution in [-0.2, 0) is 14.8 Å². The Kier molecular flexibility index (Phi) is 5.05. The lowest BCUT2D eigenvalue weighted by Crippen LogP contribution is -2.26. The monoisotopic (exact) mass is 293 g/mol. The summed E-state index contributed by atoms with van der Waals surface area (Å²) in [6.07, 6.45) is 0. The molecule has 0 radical (unpaired) electrons. The van der Waals surface area contributed by atoms with Gasteiger partial charge in [-0.05, 0) is 14.0 Å². The fourth-order valence-electron chi connectivity index (χ4n) is 1.15. The van der Waals surface area contributed by atoms with Crippen molar-refractivity contribution in [2.24, 2.45) is 0 Å². The molecule has 0 bridgehead atoms. The number of anilines is 1. The first-order valence-corrected chi connectivity index (χ1v) is 7.57. The molecule has 2 N–H and O–H groups in total. The fourth-order valence-corrected chi connectivity index (χ4v) is 2.55. The number of aromatic nitrogens is 1. The SMILES string of the molecule is CNS(=O)(=O)CCNc1nc(C(=O)OC)c(C)s1. The number of aryl methyl sites for hydroxylation is 1. The van der Waals surface area contributed by atoms with Gasteiger partial charge in [0.15, 0.2) is 10.8 Å². The van der Waals surface area contributed by atoms with Crippen LogP contribution in [0.2, 0.25) is 0 Å². The third-order valence-corrected chi connectivity index (χ3v) is 4.43. The molecule has 7 nitrogen and oxygen atoms in total. The molecule has 0 saturated carbocycles. The largest absolute Gasteiger partial charge is 0.464 e. The number of thiazole rings is 1. The molecule has 0 aliphatic heterocycles. The highest BCUT2D eigenvalue weighted by Gasteiger charge is 2.15. The van der Waals surface area contributed by atoms with Gasteiger partial charge in [-0.1, -0.05) is 0 Å². The molecule has 0 unspecified atom stereocenters. The van der Waals surface area contributed by atoms with E-state index in [2.05, 4.69) is 19.8 Å². The highest BCUT2D eigenvalue weighted by Crippen LogP contribution is 2.22. The minimum atomic E-state index is -3.24. The van der Waals surface area contributed by atoms with Gasteiger partial charge in [0.25, 0.3) is 0 Å². The third kappa shape index (κ3) is 3.93. The van der Waals surface area contributed by atoms with Gasteiger partial charge >= 0.3 is 5.97 Å². The Balaban J connectivity index is 2.62. The third-order valence-electron chi connectivity index (χ3n) is 2.13. The first kappa shape index (κ1) is 14.9. The van der Waals surface area contributed by atoms with E-state index in [0.29, 0.717) is 5.13 Å². The molecule has 1 aromatic rings. The Morgan fingerprint density at radius 1 is 1.50 bits per heavy atom. The number of ether oxygens (including phenoxy) is 1. The molecule has 0 spiro atoms. The van der Waals surface area contributed by atoms with E-state index in [0.717, 1.165) is 4.88 Å². The number of hydrogen-bond donors (Lipinski definition) is 2. The second-order valence-electron chi connectivity index (χ2n) is 3.37. The van der Waals surface area contributed by atoms with Crippen LogP contribution in [0.4, 0.5) is 5.13 Å². The maximum atomic E-state index is 11.3. The summed E-state index contributed by atoms with van der Waals surface area (Å²) in [7, 11) is -0.596. The predicted octanol–water partition coefficient (Wildman–Crippen LogP) is 0.199. The number of carbonyl (C=O) groups is 1. The number of nitrogens with one attached hydrogen (secondary N) is 2. The Morgan fingerprint density at radius 3 is 2.72 bits per heavy atom. The molecule has 1 heterocycles. The van der Waals surface area contributed by atoms with Crippen LogP contribution in [0.25, 0.3) is 0 Å². The Labute approximate surface area is 110 Å². The number of methoxy groups -OCH3 is 1. The minimum Gasteiger partial charge on any atom is -0.464 e. The van der Waals surface area contributed by atoms with Crippen molar-refractivity contribution in [1.29, 1.82) is 0 Å². The van der Waals surface area contributed by atoms with Gasteiger partial charge in [0.1, 0.15) is 0 Å². The molecule has 0 aliphatic rings. The van der Waals surface area contributed by atoms with Crippen molar-refractivity contribution in [3.63, 3.8) is 0 Å². The molecule has 0 amide bonds. The summed E-state index contributed by atoms with van der Waals surface area (Å²) in [5, 5.41) is 3.35. The zero-order valence-electron chi connectivity index (χ0n) is 10.3. The van der Waals surface area contributed by atoms with E-state index in [9.17, 15) is 13.2 Å². The average Bonchev–Trinajstić information content (AvgIpc) is 2.69. The van der Waals surface area contributed by atoms with E-state index in [-0.39, 0.29) is 18.0 Å². The second kappa shape index (κ2) is 6.12. The maximum absolute atomic E-state index is 11.3. The fraction of sp³-hybridized carbons (Fsp3) is 0.556. The topological polar surface area (TPSA) is 97.4 Å². The normalized spacial score (nSPS) is 11.3. The molecule has 102 valence electrons. The summed E-state index contributed by atoms with van der Waals surface area (Å²) in [4.78, 5) is 16.1. The van der Waals surface area contributed by atoms with E-state index >= 15 is 0 Å². The zero-order valence-corrected chi connectivity index (χ0v) is 11.9. The predicted molar refractivity (Wildman–Crippen MR) is 69.5 cm³/mol. The number of rotatable bonds is 6. The lowest BCUT2D eigenvalue weighted by Gasteiger charge is -2.02. The lowest BCUT2D eigenvalue weighted by atomic mass is 10.4. The Hall–Kier alpha value is -1.19. The first-order valence-electron chi connectivity index (χ1n) is 5.10. The van der Waals surface area contributed by atoms with E-state index in [4.69, 9.17) is 0 Å². The van der Waals surface area contributed by atoms with Crippen molar-refractivity contribution in [3.05, 3.63) is 10.6 Å². The minimum absolute atomic E-state index is 0.0598. The molecule has 0 aromatic carbocycles. The molecule has 9 heteroatoms. The summed E-state index contributed by atoms with van der Waals surface area (Å²) in [6, 6.07) is 0. The highest BCUT2D eigenvalue weighted by molar-refractivity contribution is 7.89. The van der Waals surface area contributed by atoms with Crippen LogP contribution >= 0.6 is 11.3 Å². The highest BCUT2D eigenvalue weighted by atomic mass is 32.2. The van der Waals surface area contributed by atoms with E-state index in [1.54, 1.807) is 6.92 Å². The molecule has 18 heavy (non-hydrogen) atoms. The molecule has 0 atom stereocenters. The smallest absolute Gasteiger partial charge is 0.357 e. The molecular weight excluding hydrogens is 278 g/mol. The van der Waals surface area contributed by atoms with Crippen LogP contribution in [0.3, 0.4) is 0 Å². The average molecular weight is 293 g/mol. The van der Waals surface area contributed by atoms with Crippen molar-refractivity contribution in [1.82, 2.24) is 9.71 Å². The van der Waals surface area contributed by atoms with E-state index in [1.165, 1.54) is 25.5 Å². The number of carbonyl (C=O) groups excluding carboxylic acids is 1. The number of sulfonamides is 1. The van der Waals surface area contributed by atoms with Crippen molar-refractivity contribution >= 4 is 32.5 Å². The van der Waals surface area contributed by atoms with Gasteiger partial charge in [-0.2, -0.15) is 0 Å². The summed E-state index contributed by atoms with van der Waals surface area (Å²) in [5.41, 5.74) is 0.251. The van der Waals surface area contributed by atoms with Gasteiger partial charge < -0.3 is 10.1 Å². The number of hydrogen-bond acceptors (Lipinski definition) is 7. The molecule has 1 rings (SSSR count). The second-order valence-corrected chi connectivity index (χ2v) is 6.61. The van der Waals surface area contributed by atoms with Crippen LogP contribution in [0.1, 0.15) is 15.4 Å². The Morgan fingerprint density at radius 2 is 2.17 bits per heavy atom. The molecule has 0 aliphatic carbocycles. The van der Waals surface area contributed by atoms with Crippen LogP contribution in [-0.4, -0.2) is 45.8 Å². The number of esters is 1. The van der Waals surface area contributed by atoms with E-state index in [1.807, 2.05) is 0 Å². The molecular formula is C9H15N3O4S2. The van der Waals surface area contributed by atoms with Crippen LogP contribution in [0.5, 0.6) is 0 Å². The first-order chi connectivity index (χ1) is 8.39. The van der Waals surface area contributed by atoms with Crippen molar-refractivity contribution < 1.29 is 17.9 Å². The number of nitrogens with zero attached hydrogens (tertiary/aromatic N) is 1. The van der Waals surface area contributed by atoms with Crippen molar-refractivity contribution in [2.45, 2.75) is 6.92 Å². The van der Waals surface area contributed by atoms with Gasteiger partial charge in [-0.3, -0.25) is 0 Å². The Bertz CT molecular complexity index is 524. The van der Waals surface area contributed by atoms with E-state index < -0.39 is 16.0 Å². The van der Waals surface area contributed by atoms with Crippen LogP contribution < -0.4 is 10.0 Å². The summed E-state index contributed by atoms with van der Waals surface area (Å²) in [6.45, 7) is 1.97. The van der Waals surface area contributed by atoms with Crippen molar-refractivity contribution in [2.75, 3.05) is 31.8 Å². The van der Waals surface area contributed by atoms with Crippen LogP contribution in [0.15, 0.2) is 0 Å². The van der Waals surface area contributed by atoms with Gasteiger partial charge in [-0.25, -0.2) is 22.9 Å². The molecule has 1 aromatic heterocycles. The van der Waals surface area contributed by atoms with Crippen LogP contribution in [0, 0.1) is 6.92 Å². The summed E-state index contributed by atoms with van der Waals surface area (Å²) in [5.74, 6) is -0.560. The van der Waals surface area contributed by atoms with Gasteiger partial charge in [0, 0.05) is 11.4 Å². The standard InChI is InChI=1S/C9H15N3O4S2/c1-6-7(8(13)16-3)12-9(17-6)11-4-5-18(14,15)10-2/h10H,4-5H2,1-3H3,(H,11,12). The molecule has 0 fully saturated rings. The van der Waals surface area contributed by atoms with Crippen molar-refractivity contribution in [3.8, 4) is 0 Å². The lowest BCUT2D eigenvalue weighted by molar-refractivity contribution is 0.0594. The van der Waals surface area contributed by atoms with Gasteiger partial charge in [0.2, 0.25) is 10.0 Å². The maximum Gasteiger partial charge on any atom is 0.357 e. The van der Waals surface area contributed by atoms with Gasteiger partial charge in [-0.15, -0.1) is 11.3 Å².